The molecule has 0 saturated carbocycles. The lowest BCUT2D eigenvalue weighted by molar-refractivity contribution is 0.290. The van der Waals surface area contributed by atoms with Gasteiger partial charge in [-0.05, 0) is 30.5 Å². The van der Waals surface area contributed by atoms with Crippen LogP contribution in [0.4, 0.5) is 0 Å². The molecule has 2 N–H and O–H groups in total. The summed E-state index contributed by atoms with van der Waals surface area (Å²) in [6.45, 7) is 6.31. The largest absolute Gasteiger partial charge is 0.496 e. The molecule has 2 nitrogen and oxygen atoms in total. The molecule has 0 bridgehead atoms. The van der Waals surface area contributed by atoms with Gasteiger partial charge in [0.1, 0.15) is 5.75 Å². The molecule has 1 atom stereocenters. The van der Waals surface area contributed by atoms with Crippen molar-refractivity contribution in [3.8, 4) is 5.75 Å². The molecule has 0 amide bonds. The first-order valence-electron chi connectivity index (χ1n) is 5.58. The third kappa shape index (κ3) is 2.33. The fraction of sp³-hybridized carbons (Fsp3) is 0.538. The van der Waals surface area contributed by atoms with Crippen molar-refractivity contribution in [1.82, 2.24) is 0 Å². The molecule has 3 heteroatoms. The van der Waals surface area contributed by atoms with Crippen LogP contribution in [-0.4, -0.2) is 7.11 Å². The maximum absolute atomic E-state index is 6.47. The van der Waals surface area contributed by atoms with Crippen LogP contribution in [0.5, 0.6) is 5.75 Å². The van der Waals surface area contributed by atoms with Crippen molar-refractivity contribution in [3.63, 3.8) is 0 Å². The summed E-state index contributed by atoms with van der Waals surface area (Å²) in [5.74, 6) is 1.13. The van der Waals surface area contributed by atoms with Crippen molar-refractivity contribution < 1.29 is 4.74 Å². The first-order valence-corrected chi connectivity index (χ1v) is 5.96. The van der Waals surface area contributed by atoms with Crippen molar-refractivity contribution in [2.45, 2.75) is 32.7 Å². The van der Waals surface area contributed by atoms with Crippen LogP contribution in [0, 0.1) is 5.92 Å². The van der Waals surface area contributed by atoms with Gasteiger partial charge in [0.25, 0.3) is 0 Å². The van der Waals surface area contributed by atoms with E-state index in [4.69, 9.17) is 22.1 Å². The van der Waals surface area contributed by atoms with Gasteiger partial charge in [0, 0.05) is 16.1 Å². The predicted molar refractivity (Wildman–Crippen MR) is 69.0 cm³/mol. The Kier molecular flexibility index (Phi) is 4.22. The number of rotatable bonds is 4. The zero-order valence-corrected chi connectivity index (χ0v) is 11.1. The molecule has 0 spiro atoms. The van der Waals surface area contributed by atoms with Crippen molar-refractivity contribution in [2.24, 2.45) is 11.7 Å². The summed E-state index contributed by atoms with van der Waals surface area (Å²) in [5.41, 5.74) is 7.06. The number of ether oxygens (including phenoxy) is 1. The van der Waals surface area contributed by atoms with Gasteiger partial charge < -0.3 is 10.5 Å². The summed E-state index contributed by atoms with van der Waals surface area (Å²) in [4.78, 5) is 0. The Labute approximate surface area is 103 Å². The van der Waals surface area contributed by atoms with Crippen molar-refractivity contribution in [2.75, 3.05) is 7.11 Å². The van der Waals surface area contributed by atoms with Crippen LogP contribution in [0.25, 0.3) is 0 Å². The van der Waals surface area contributed by atoms with E-state index < -0.39 is 5.54 Å². The normalized spacial score (nSPS) is 14.9. The number of hydrogen-bond acceptors (Lipinski definition) is 2. The molecule has 0 fully saturated rings. The van der Waals surface area contributed by atoms with E-state index in [-0.39, 0.29) is 0 Å². The van der Waals surface area contributed by atoms with E-state index in [1.165, 1.54) is 0 Å². The van der Waals surface area contributed by atoms with Crippen molar-refractivity contribution in [1.29, 1.82) is 0 Å². The third-order valence-corrected chi connectivity index (χ3v) is 3.51. The Morgan fingerprint density at radius 1 is 1.44 bits per heavy atom. The second-order valence-corrected chi connectivity index (χ2v) is 4.83. The molecule has 1 unspecified atom stereocenters. The molecule has 0 radical (unpaired) electrons. The van der Waals surface area contributed by atoms with Gasteiger partial charge in [0.2, 0.25) is 0 Å². The maximum atomic E-state index is 6.47. The highest BCUT2D eigenvalue weighted by atomic mass is 35.5. The fourth-order valence-electron chi connectivity index (χ4n) is 1.95. The summed E-state index contributed by atoms with van der Waals surface area (Å²) >= 11 is 6.03. The minimum absolute atomic E-state index is 0.324. The van der Waals surface area contributed by atoms with Crippen LogP contribution < -0.4 is 10.5 Å². The molecular weight excluding hydrogens is 222 g/mol. The number of halogens is 1. The minimum Gasteiger partial charge on any atom is -0.496 e. The summed E-state index contributed by atoms with van der Waals surface area (Å²) < 4.78 is 5.36. The van der Waals surface area contributed by atoms with Gasteiger partial charge in [0.15, 0.2) is 0 Å². The van der Waals surface area contributed by atoms with Gasteiger partial charge in [-0.25, -0.2) is 0 Å². The van der Waals surface area contributed by atoms with Crippen molar-refractivity contribution >= 4 is 11.6 Å². The zero-order chi connectivity index (χ0) is 12.3. The van der Waals surface area contributed by atoms with E-state index in [9.17, 15) is 0 Å². The van der Waals surface area contributed by atoms with Gasteiger partial charge in [0.05, 0.1) is 7.11 Å². The lowest BCUT2D eigenvalue weighted by Gasteiger charge is -2.34. The third-order valence-electron chi connectivity index (χ3n) is 3.28. The quantitative estimate of drug-likeness (QED) is 0.875. The van der Waals surface area contributed by atoms with Gasteiger partial charge in [-0.2, -0.15) is 0 Å². The molecule has 1 aromatic rings. The summed E-state index contributed by atoms with van der Waals surface area (Å²) in [7, 11) is 1.66. The van der Waals surface area contributed by atoms with Crippen LogP contribution in [0.15, 0.2) is 18.2 Å². The molecule has 0 aliphatic rings. The highest BCUT2D eigenvalue weighted by molar-refractivity contribution is 6.30. The predicted octanol–water partition coefficient (Wildman–Crippen LogP) is 3.57. The van der Waals surface area contributed by atoms with Crippen LogP contribution >= 0.6 is 11.6 Å². The first kappa shape index (κ1) is 13.3. The second kappa shape index (κ2) is 5.07. The van der Waals surface area contributed by atoms with Gasteiger partial charge >= 0.3 is 0 Å². The van der Waals surface area contributed by atoms with E-state index >= 15 is 0 Å². The average molecular weight is 242 g/mol. The summed E-state index contributed by atoms with van der Waals surface area (Å²) in [5, 5.41) is 0.694. The van der Waals surface area contributed by atoms with E-state index in [1.54, 1.807) is 7.11 Å². The highest BCUT2D eigenvalue weighted by Gasteiger charge is 2.32. The topological polar surface area (TPSA) is 35.2 Å². The zero-order valence-electron chi connectivity index (χ0n) is 10.4. The number of methoxy groups -OCH3 is 1. The lowest BCUT2D eigenvalue weighted by Crippen LogP contribution is -2.41. The van der Waals surface area contributed by atoms with Crippen LogP contribution in [0.2, 0.25) is 5.02 Å². The van der Waals surface area contributed by atoms with E-state index in [2.05, 4.69) is 20.8 Å². The van der Waals surface area contributed by atoms with Crippen LogP contribution in [0.1, 0.15) is 32.8 Å². The van der Waals surface area contributed by atoms with Gasteiger partial charge in [-0.15, -0.1) is 0 Å². The highest BCUT2D eigenvalue weighted by Crippen LogP contribution is 2.37. The summed E-state index contributed by atoms with van der Waals surface area (Å²) in [6, 6.07) is 5.60. The molecule has 0 saturated heterocycles. The Balaban J connectivity index is 3.33. The van der Waals surface area contributed by atoms with Crippen LogP contribution in [-0.2, 0) is 5.54 Å². The molecule has 0 aromatic heterocycles. The molecule has 0 aliphatic heterocycles. The van der Waals surface area contributed by atoms with Crippen molar-refractivity contribution in [3.05, 3.63) is 28.8 Å². The van der Waals surface area contributed by atoms with E-state index in [1.807, 2.05) is 18.2 Å². The van der Waals surface area contributed by atoms with Gasteiger partial charge in [-0.3, -0.25) is 0 Å². The van der Waals surface area contributed by atoms with E-state index in [0.717, 1.165) is 17.7 Å². The Morgan fingerprint density at radius 2 is 2.06 bits per heavy atom. The lowest BCUT2D eigenvalue weighted by atomic mass is 9.78. The number of nitrogens with two attached hydrogens (primary N) is 1. The Morgan fingerprint density at radius 3 is 2.50 bits per heavy atom. The van der Waals surface area contributed by atoms with E-state index in [0.29, 0.717) is 10.9 Å². The maximum Gasteiger partial charge on any atom is 0.124 e. The van der Waals surface area contributed by atoms with Crippen LogP contribution in [0.3, 0.4) is 0 Å². The molecule has 0 heterocycles. The Bertz CT molecular complexity index is 365. The number of hydrogen-bond donors (Lipinski definition) is 1. The smallest absolute Gasteiger partial charge is 0.124 e. The summed E-state index contributed by atoms with van der Waals surface area (Å²) in [6.07, 6.45) is 0.849. The molecular formula is C13H20ClNO. The molecule has 16 heavy (non-hydrogen) atoms. The SMILES string of the molecule is CCC(N)(c1cc(Cl)ccc1OC)C(C)C. The second-order valence-electron chi connectivity index (χ2n) is 4.39. The molecule has 1 rings (SSSR count). The minimum atomic E-state index is -0.393. The molecule has 0 aliphatic carbocycles. The molecule has 90 valence electrons. The fourth-order valence-corrected chi connectivity index (χ4v) is 2.13. The number of benzene rings is 1. The monoisotopic (exact) mass is 241 g/mol. The first-order chi connectivity index (χ1) is 7.45. The standard InChI is InChI=1S/C13H20ClNO/c1-5-13(15,9(2)3)11-8-10(14)6-7-12(11)16-4/h6-9H,5,15H2,1-4H3. The Hall–Kier alpha value is -0.730. The average Bonchev–Trinajstić information content (AvgIpc) is 2.27. The molecule has 1 aromatic carbocycles. The van der Waals surface area contributed by atoms with Gasteiger partial charge in [-0.1, -0.05) is 32.4 Å².